The molecular weight excluding hydrogens is 327 g/mol. The summed E-state index contributed by atoms with van der Waals surface area (Å²) in [4.78, 5) is 5.17. The van der Waals surface area contributed by atoms with E-state index in [1.165, 1.54) is 4.90 Å². The number of alkyl halides is 3. The first-order valence-corrected chi connectivity index (χ1v) is 7.58. The van der Waals surface area contributed by atoms with Crippen LogP contribution in [0.3, 0.4) is 0 Å². The molecule has 0 bridgehead atoms. The lowest BCUT2D eigenvalue weighted by molar-refractivity contribution is 0.381. The average Bonchev–Trinajstić information content (AvgIpc) is 2.86. The number of rotatable bonds is 3. The van der Waals surface area contributed by atoms with E-state index in [1.54, 1.807) is 17.8 Å². The minimum Gasteiger partial charge on any atom is -0.334 e. The molecule has 0 atom stereocenters. The van der Waals surface area contributed by atoms with E-state index in [9.17, 15) is 0 Å². The van der Waals surface area contributed by atoms with Crippen molar-refractivity contribution in [3.63, 3.8) is 0 Å². The third kappa shape index (κ3) is 4.14. The van der Waals surface area contributed by atoms with Gasteiger partial charge in [0.1, 0.15) is 0 Å². The Morgan fingerprint density at radius 3 is 2.37 bits per heavy atom. The lowest BCUT2D eigenvalue weighted by Gasteiger charge is -2.01. The van der Waals surface area contributed by atoms with Gasteiger partial charge in [-0.25, -0.2) is 0 Å². The van der Waals surface area contributed by atoms with Crippen LogP contribution >= 0.6 is 46.6 Å². The van der Waals surface area contributed by atoms with Gasteiger partial charge in [0.2, 0.25) is 0 Å². The SMILES string of the molecule is CSc1ccc(/C=C/c2noc(C(Cl)(Cl)Cl)n2)cc1. The van der Waals surface area contributed by atoms with Crippen LogP contribution in [0, 0.1) is 0 Å². The maximum atomic E-state index is 5.63. The van der Waals surface area contributed by atoms with Gasteiger partial charge in [-0.15, -0.1) is 11.8 Å². The van der Waals surface area contributed by atoms with Crippen molar-refractivity contribution < 1.29 is 4.52 Å². The molecule has 0 spiro atoms. The van der Waals surface area contributed by atoms with Gasteiger partial charge in [0.05, 0.1) is 0 Å². The van der Waals surface area contributed by atoms with Crippen LogP contribution < -0.4 is 0 Å². The van der Waals surface area contributed by atoms with Gasteiger partial charge in [0.25, 0.3) is 9.68 Å². The summed E-state index contributed by atoms with van der Waals surface area (Å²) in [6.45, 7) is 0. The highest BCUT2D eigenvalue weighted by atomic mass is 35.6. The van der Waals surface area contributed by atoms with Crippen LogP contribution in [-0.4, -0.2) is 16.4 Å². The molecule has 7 heteroatoms. The fourth-order valence-electron chi connectivity index (χ4n) is 1.30. The first-order valence-electron chi connectivity index (χ1n) is 5.22. The third-order valence-corrected chi connectivity index (χ3v) is 3.45. The summed E-state index contributed by atoms with van der Waals surface area (Å²) in [5.74, 6) is 0.310. The van der Waals surface area contributed by atoms with Gasteiger partial charge in [-0.2, -0.15) is 4.98 Å². The second kappa shape index (κ2) is 6.18. The van der Waals surface area contributed by atoms with E-state index in [2.05, 4.69) is 10.1 Å². The Bertz CT molecular complexity index is 575. The van der Waals surface area contributed by atoms with Crippen molar-refractivity contribution in [1.29, 1.82) is 0 Å². The van der Waals surface area contributed by atoms with E-state index in [0.29, 0.717) is 5.82 Å². The first kappa shape index (κ1) is 14.7. The van der Waals surface area contributed by atoms with E-state index in [-0.39, 0.29) is 5.89 Å². The molecule has 0 saturated carbocycles. The molecule has 0 radical (unpaired) electrons. The van der Waals surface area contributed by atoms with Gasteiger partial charge >= 0.3 is 0 Å². The molecule has 0 amide bonds. The number of hydrogen-bond donors (Lipinski definition) is 0. The van der Waals surface area contributed by atoms with Crippen LogP contribution in [0.4, 0.5) is 0 Å². The van der Waals surface area contributed by atoms with Crippen molar-refractivity contribution >= 4 is 58.7 Å². The molecule has 0 N–H and O–H groups in total. The summed E-state index contributed by atoms with van der Waals surface area (Å²) in [6, 6.07) is 8.07. The molecule has 100 valence electrons. The van der Waals surface area contributed by atoms with Crippen LogP contribution in [0.2, 0.25) is 0 Å². The normalized spacial score (nSPS) is 12.2. The standard InChI is InChI=1S/C12H9Cl3N2OS/c1-19-9-5-2-8(3-6-9)4-7-10-16-11(18-17-10)12(13,14)15/h2-7H,1H3/b7-4+. The molecule has 0 aliphatic carbocycles. The molecule has 0 fully saturated rings. The number of aromatic nitrogens is 2. The van der Waals surface area contributed by atoms with Gasteiger partial charge < -0.3 is 4.52 Å². The average molecular weight is 336 g/mol. The number of thioether (sulfide) groups is 1. The van der Waals surface area contributed by atoms with Gasteiger partial charge in [0, 0.05) is 4.90 Å². The zero-order valence-electron chi connectivity index (χ0n) is 9.81. The summed E-state index contributed by atoms with van der Waals surface area (Å²) in [7, 11) is 0. The number of halogens is 3. The minimum atomic E-state index is -1.70. The van der Waals surface area contributed by atoms with Crippen molar-refractivity contribution in [1.82, 2.24) is 10.1 Å². The molecule has 1 aromatic heterocycles. The summed E-state index contributed by atoms with van der Waals surface area (Å²) < 4.78 is 3.15. The fraction of sp³-hybridized carbons (Fsp3) is 0.167. The van der Waals surface area contributed by atoms with E-state index in [1.807, 2.05) is 36.6 Å². The Kier molecular flexibility index (Phi) is 4.79. The molecule has 0 unspecified atom stereocenters. The number of hydrogen-bond acceptors (Lipinski definition) is 4. The zero-order chi connectivity index (χ0) is 13.9. The fourth-order valence-corrected chi connectivity index (χ4v) is 1.94. The van der Waals surface area contributed by atoms with Crippen molar-refractivity contribution in [3.05, 3.63) is 41.5 Å². The van der Waals surface area contributed by atoms with Crippen LogP contribution in [0.5, 0.6) is 0 Å². The van der Waals surface area contributed by atoms with Crippen LogP contribution in [-0.2, 0) is 3.79 Å². The second-order valence-corrected chi connectivity index (χ2v) is 6.72. The van der Waals surface area contributed by atoms with Gasteiger partial charge in [-0.05, 0) is 30.0 Å². The van der Waals surface area contributed by atoms with E-state index in [0.717, 1.165) is 5.56 Å². The molecule has 1 heterocycles. The summed E-state index contributed by atoms with van der Waals surface area (Å²) in [5.41, 5.74) is 1.03. The predicted molar refractivity (Wildman–Crippen MR) is 80.7 cm³/mol. The van der Waals surface area contributed by atoms with E-state index < -0.39 is 3.79 Å². The highest BCUT2D eigenvalue weighted by Gasteiger charge is 2.30. The monoisotopic (exact) mass is 334 g/mol. The Balaban J connectivity index is 2.11. The predicted octanol–water partition coefficient (Wildman–Crippen LogP) is 4.79. The van der Waals surface area contributed by atoms with Crippen LogP contribution in [0.25, 0.3) is 12.2 Å². The highest BCUT2D eigenvalue weighted by Crippen LogP contribution is 2.36. The number of nitrogens with zero attached hydrogens (tertiary/aromatic N) is 2. The van der Waals surface area contributed by atoms with Gasteiger partial charge in [-0.3, -0.25) is 0 Å². The van der Waals surface area contributed by atoms with Crippen LogP contribution in [0.1, 0.15) is 17.3 Å². The lowest BCUT2D eigenvalue weighted by atomic mass is 10.2. The Morgan fingerprint density at radius 1 is 1.16 bits per heavy atom. The lowest BCUT2D eigenvalue weighted by Crippen LogP contribution is -1.99. The molecule has 2 rings (SSSR count). The van der Waals surface area contributed by atoms with E-state index >= 15 is 0 Å². The van der Waals surface area contributed by atoms with Crippen molar-refractivity contribution in [2.24, 2.45) is 0 Å². The van der Waals surface area contributed by atoms with Crippen molar-refractivity contribution in [3.8, 4) is 0 Å². The minimum absolute atomic E-state index is 0.0464. The molecule has 2 aromatic rings. The molecule has 0 saturated heterocycles. The smallest absolute Gasteiger partial charge is 0.279 e. The van der Waals surface area contributed by atoms with Gasteiger partial charge in [0.15, 0.2) is 5.82 Å². The molecule has 1 aromatic carbocycles. The summed E-state index contributed by atoms with van der Waals surface area (Å²) in [5, 5.41) is 3.70. The van der Waals surface area contributed by atoms with Crippen LogP contribution in [0.15, 0.2) is 33.7 Å². The largest absolute Gasteiger partial charge is 0.334 e. The van der Waals surface area contributed by atoms with E-state index in [4.69, 9.17) is 39.3 Å². The molecule has 19 heavy (non-hydrogen) atoms. The maximum Gasteiger partial charge on any atom is 0.279 e. The summed E-state index contributed by atoms with van der Waals surface area (Å²) in [6.07, 6.45) is 5.58. The molecule has 3 nitrogen and oxygen atoms in total. The third-order valence-electron chi connectivity index (χ3n) is 2.22. The molecule has 0 aliphatic rings. The zero-order valence-corrected chi connectivity index (χ0v) is 12.9. The molecule has 0 aliphatic heterocycles. The first-order chi connectivity index (χ1) is 8.99. The Morgan fingerprint density at radius 2 is 1.84 bits per heavy atom. The van der Waals surface area contributed by atoms with Crippen molar-refractivity contribution in [2.75, 3.05) is 6.26 Å². The highest BCUT2D eigenvalue weighted by molar-refractivity contribution is 7.98. The topological polar surface area (TPSA) is 38.9 Å². The summed E-state index contributed by atoms with van der Waals surface area (Å²) >= 11 is 18.6. The molecular formula is C12H9Cl3N2OS. The quantitative estimate of drug-likeness (QED) is 0.597. The number of benzene rings is 1. The maximum absolute atomic E-state index is 5.63. The Labute approximate surface area is 129 Å². The van der Waals surface area contributed by atoms with Crippen molar-refractivity contribution in [2.45, 2.75) is 8.69 Å². The second-order valence-electron chi connectivity index (χ2n) is 3.56. The Hall–Kier alpha value is -0.680. The van der Waals surface area contributed by atoms with Gasteiger partial charge in [-0.1, -0.05) is 58.2 Å².